The Hall–Kier alpha value is -1.59. The fourth-order valence-corrected chi connectivity index (χ4v) is 2.09. The van der Waals surface area contributed by atoms with E-state index in [9.17, 15) is 0 Å². The molecule has 1 fully saturated rings. The van der Waals surface area contributed by atoms with Gasteiger partial charge in [-0.1, -0.05) is 20.3 Å². The molecule has 2 rings (SSSR count). The Morgan fingerprint density at radius 2 is 1.84 bits per heavy atom. The minimum Gasteiger partial charge on any atom is -0.467 e. The smallest absolute Gasteiger partial charge is 0.322 e. The Morgan fingerprint density at radius 3 is 2.37 bits per heavy atom. The fourth-order valence-electron chi connectivity index (χ4n) is 2.09. The highest BCUT2D eigenvalue weighted by Gasteiger charge is 2.31. The number of aromatic nitrogens is 3. The number of hydrogen-bond donors (Lipinski definition) is 2. The number of ether oxygens (including phenoxy) is 1. The van der Waals surface area contributed by atoms with Gasteiger partial charge in [-0.15, -0.1) is 0 Å². The number of nitrogens with one attached hydrogen (secondary N) is 2. The normalized spacial score (nSPS) is 16.6. The lowest BCUT2D eigenvalue weighted by molar-refractivity contribution is 0.179. The molecule has 19 heavy (non-hydrogen) atoms. The quantitative estimate of drug-likeness (QED) is 0.788. The molecule has 1 saturated carbocycles. The van der Waals surface area contributed by atoms with Crippen molar-refractivity contribution >= 4 is 11.9 Å². The average molecular weight is 265 g/mol. The number of nitrogens with zero attached hydrogens (tertiary/aromatic N) is 3. The Balaban J connectivity index is 2.01. The summed E-state index contributed by atoms with van der Waals surface area (Å²) in [6.45, 7) is 6.12. The van der Waals surface area contributed by atoms with Crippen molar-refractivity contribution < 1.29 is 4.74 Å². The van der Waals surface area contributed by atoms with Crippen molar-refractivity contribution in [3.05, 3.63) is 0 Å². The molecule has 0 spiro atoms. The van der Waals surface area contributed by atoms with E-state index in [1.165, 1.54) is 19.3 Å². The predicted molar refractivity (Wildman–Crippen MR) is 75.6 cm³/mol. The first kappa shape index (κ1) is 13.8. The van der Waals surface area contributed by atoms with Crippen LogP contribution in [0.4, 0.5) is 11.9 Å². The molecular formula is C13H23N5O. The number of rotatable bonds is 7. The van der Waals surface area contributed by atoms with Crippen LogP contribution in [0.5, 0.6) is 6.01 Å². The van der Waals surface area contributed by atoms with Gasteiger partial charge in [0.05, 0.1) is 7.11 Å². The molecule has 0 aromatic carbocycles. The lowest BCUT2D eigenvalue weighted by Gasteiger charge is -2.38. The molecule has 0 unspecified atom stereocenters. The molecule has 0 amide bonds. The molecule has 0 bridgehead atoms. The summed E-state index contributed by atoms with van der Waals surface area (Å²) in [7, 11) is 1.57. The first-order valence-corrected chi connectivity index (χ1v) is 6.93. The number of anilines is 2. The Kier molecular flexibility index (Phi) is 4.39. The summed E-state index contributed by atoms with van der Waals surface area (Å²) >= 11 is 0. The third kappa shape index (κ3) is 3.68. The van der Waals surface area contributed by atoms with Crippen LogP contribution in [0.25, 0.3) is 0 Å². The summed E-state index contributed by atoms with van der Waals surface area (Å²) in [6.07, 6.45) is 4.88. The zero-order valence-electron chi connectivity index (χ0n) is 12.0. The number of hydrogen-bond acceptors (Lipinski definition) is 6. The van der Waals surface area contributed by atoms with E-state index in [4.69, 9.17) is 4.74 Å². The van der Waals surface area contributed by atoms with Gasteiger partial charge in [-0.2, -0.15) is 15.0 Å². The highest BCUT2D eigenvalue weighted by atomic mass is 16.5. The second kappa shape index (κ2) is 6.04. The van der Waals surface area contributed by atoms with Crippen molar-refractivity contribution in [2.24, 2.45) is 5.41 Å². The zero-order chi connectivity index (χ0) is 13.7. The molecule has 0 saturated heterocycles. The molecule has 1 aromatic heterocycles. The maximum Gasteiger partial charge on any atom is 0.322 e. The molecule has 1 heterocycles. The van der Waals surface area contributed by atoms with Crippen LogP contribution < -0.4 is 15.4 Å². The van der Waals surface area contributed by atoms with Gasteiger partial charge in [0.1, 0.15) is 0 Å². The summed E-state index contributed by atoms with van der Waals surface area (Å²) in [6, 6.07) is 0.342. The third-order valence-electron chi connectivity index (χ3n) is 3.56. The van der Waals surface area contributed by atoms with Gasteiger partial charge in [0.2, 0.25) is 11.9 Å². The van der Waals surface area contributed by atoms with Gasteiger partial charge in [-0.25, -0.2) is 0 Å². The van der Waals surface area contributed by atoms with E-state index in [1.54, 1.807) is 7.11 Å². The van der Waals surface area contributed by atoms with Gasteiger partial charge in [0.25, 0.3) is 0 Å². The van der Waals surface area contributed by atoms with E-state index < -0.39 is 0 Å². The van der Waals surface area contributed by atoms with Crippen LogP contribution in [-0.4, -0.2) is 35.2 Å². The van der Waals surface area contributed by atoms with E-state index in [0.29, 0.717) is 23.3 Å². The molecule has 6 nitrogen and oxygen atoms in total. The van der Waals surface area contributed by atoms with Crippen LogP contribution in [0.1, 0.15) is 39.5 Å². The third-order valence-corrected chi connectivity index (χ3v) is 3.56. The van der Waals surface area contributed by atoms with Crippen LogP contribution in [0.2, 0.25) is 0 Å². The largest absolute Gasteiger partial charge is 0.467 e. The molecular weight excluding hydrogens is 242 g/mol. The summed E-state index contributed by atoms with van der Waals surface area (Å²) < 4.78 is 5.11. The molecule has 6 heteroatoms. The van der Waals surface area contributed by atoms with Crippen molar-refractivity contribution in [2.75, 3.05) is 30.8 Å². The fraction of sp³-hybridized carbons (Fsp3) is 0.769. The van der Waals surface area contributed by atoms with E-state index >= 15 is 0 Å². The average Bonchev–Trinajstić information content (AvgIpc) is 2.40. The lowest BCUT2D eigenvalue weighted by Crippen LogP contribution is -2.33. The second-order valence-electron chi connectivity index (χ2n) is 5.41. The highest BCUT2D eigenvalue weighted by Crippen LogP contribution is 2.40. The first-order chi connectivity index (χ1) is 9.15. The van der Waals surface area contributed by atoms with Crippen molar-refractivity contribution in [1.29, 1.82) is 0 Å². The van der Waals surface area contributed by atoms with E-state index in [0.717, 1.165) is 19.5 Å². The van der Waals surface area contributed by atoms with E-state index in [2.05, 4.69) is 39.4 Å². The Labute approximate surface area is 114 Å². The van der Waals surface area contributed by atoms with Crippen molar-refractivity contribution in [2.45, 2.75) is 39.5 Å². The van der Waals surface area contributed by atoms with Gasteiger partial charge in [-0.05, 0) is 24.7 Å². The SMILES string of the molecule is CCCNc1nc(NCC2(C)CCC2)nc(OC)n1. The van der Waals surface area contributed by atoms with E-state index in [-0.39, 0.29) is 0 Å². The van der Waals surface area contributed by atoms with Crippen LogP contribution in [0.15, 0.2) is 0 Å². The Morgan fingerprint density at radius 1 is 1.16 bits per heavy atom. The molecule has 1 aliphatic rings. The molecule has 1 aliphatic carbocycles. The van der Waals surface area contributed by atoms with Gasteiger partial charge in [0.15, 0.2) is 0 Å². The van der Waals surface area contributed by atoms with Crippen LogP contribution in [0, 0.1) is 5.41 Å². The van der Waals surface area contributed by atoms with Crippen molar-refractivity contribution in [3.63, 3.8) is 0 Å². The molecule has 0 aliphatic heterocycles. The predicted octanol–water partition coefficient (Wildman–Crippen LogP) is 2.30. The molecule has 2 N–H and O–H groups in total. The highest BCUT2D eigenvalue weighted by molar-refractivity contribution is 5.36. The minimum atomic E-state index is 0.342. The zero-order valence-corrected chi connectivity index (χ0v) is 12.0. The monoisotopic (exact) mass is 265 g/mol. The maximum absolute atomic E-state index is 5.11. The van der Waals surface area contributed by atoms with Crippen LogP contribution in [0.3, 0.4) is 0 Å². The lowest BCUT2D eigenvalue weighted by atomic mass is 9.70. The molecule has 106 valence electrons. The van der Waals surface area contributed by atoms with Gasteiger partial charge < -0.3 is 15.4 Å². The summed E-state index contributed by atoms with van der Waals surface area (Å²) in [5.41, 5.74) is 0.386. The van der Waals surface area contributed by atoms with Crippen LogP contribution >= 0.6 is 0 Å². The molecule has 0 radical (unpaired) electrons. The summed E-state index contributed by atoms with van der Waals surface area (Å²) in [5.74, 6) is 1.15. The Bertz CT molecular complexity index is 419. The standard InChI is InChI=1S/C13H23N5O/c1-4-8-14-10-16-11(18-12(17-10)19-3)15-9-13(2)6-5-7-13/h4-9H2,1-3H3,(H2,14,15,16,17,18). The van der Waals surface area contributed by atoms with Crippen molar-refractivity contribution in [1.82, 2.24) is 15.0 Å². The number of methoxy groups -OCH3 is 1. The summed E-state index contributed by atoms with van der Waals surface area (Å²) in [5, 5.41) is 6.45. The molecule has 1 aromatic rings. The second-order valence-corrected chi connectivity index (χ2v) is 5.41. The van der Waals surface area contributed by atoms with Gasteiger partial charge in [-0.3, -0.25) is 0 Å². The first-order valence-electron chi connectivity index (χ1n) is 6.93. The summed E-state index contributed by atoms with van der Waals surface area (Å²) in [4.78, 5) is 12.8. The maximum atomic E-state index is 5.11. The molecule has 0 atom stereocenters. The minimum absolute atomic E-state index is 0.342. The van der Waals surface area contributed by atoms with Gasteiger partial charge in [0, 0.05) is 13.1 Å². The van der Waals surface area contributed by atoms with Gasteiger partial charge >= 0.3 is 6.01 Å². The topological polar surface area (TPSA) is 72.0 Å². The van der Waals surface area contributed by atoms with Crippen molar-refractivity contribution in [3.8, 4) is 6.01 Å². The van der Waals surface area contributed by atoms with Crippen LogP contribution in [-0.2, 0) is 0 Å². The van der Waals surface area contributed by atoms with E-state index in [1.807, 2.05) is 0 Å².